The van der Waals surface area contributed by atoms with E-state index >= 15 is 0 Å². The second-order valence-electron chi connectivity index (χ2n) is 4.73. The van der Waals surface area contributed by atoms with Gasteiger partial charge in [-0.05, 0) is 17.8 Å². The Morgan fingerprint density at radius 1 is 1.50 bits per heavy atom. The number of aliphatic carboxylic acids is 1. The molecule has 0 saturated heterocycles. The second-order valence-corrected chi connectivity index (χ2v) is 4.73. The lowest BCUT2D eigenvalue weighted by Gasteiger charge is -2.36. The van der Waals surface area contributed by atoms with Crippen LogP contribution < -0.4 is 0 Å². The number of rotatable bonds is 7. The summed E-state index contributed by atoms with van der Waals surface area (Å²) in [6, 6.07) is 0. The van der Waals surface area contributed by atoms with E-state index in [4.69, 9.17) is 5.11 Å². The van der Waals surface area contributed by atoms with Gasteiger partial charge in [-0.1, -0.05) is 27.7 Å². The molecule has 1 unspecified atom stereocenters. The van der Waals surface area contributed by atoms with Crippen LogP contribution in [-0.4, -0.2) is 22.3 Å². The molecule has 94 valence electrons. The van der Waals surface area contributed by atoms with Gasteiger partial charge in [0.05, 0.1) is 0 Å². The number of hydrogen-bond donors (Lipinski definition) is 1. The first kappa shape index (κ1) is 14.7. The van der Waals surface area contributed by atoms with Gasteiger partial charge in [-0.25, -0.2) is 0 Å². The first-order valence-corrected chi connectivity index (χ1v) is 5.21. The van der Waals surface area contributed by atoms with Gasteiger partial charge < -0.3 is 9.94 Å². The molecule has 0 heterocycles. The Bertz CT molecular complexity index is 262. The lowest BCUT2D eigenvalue weighted by atomic mass is 9.75. The molecular weight excluding hydrogens is 214 g/mol. The molecule has 0 aliphatic heterocycles. The average molecular weight is 233 g/mol. The molecule has 1 N–H and O–H groups in total. The van der Waals surface area contributed by atoms with Crippen LogP contribution in [0.4, 0.5) is 0 Å². The van der Waals surface area contributed by atoms with Crippen LogP contribution in [-0.2, 0) is 9.63 Å². The van der Waals surface area contributed by atoms with Gasteiger partial charge in [0.2, 0.25) is 0 Å². The Labute approximate surface area is 94.7 Å². The predicted octanol–water partition coefficient (Wildman–Crippen LogP) is 2.11. The quantitative estimate of drug-likeness (QED) is 0.537. The molecule has 16 heavy (non-hydrogen) atoms. The maximum Gasteiger partial charge on any atom is 0.303 e. The third-order valence-electron chi connectivity index (χ3n) is 3.15. The first-order valence-electron chi connectivity index (χ1n) is 5.21. The fraction of sp³-hybridized carbons (Fsp3) is 0.900. The molecule has 0 aromatic rings. The molecule has 0 rings (SSSR count). The third-order valence-corrected chi connectivity index (χ3v) is 3.15. The highest BCUT2D eigenvalue weighted by atomic mass is 17.0. The Morgan fingerprint density at radius 2 is 2.00 bits per heavy atom. The molecule has 0 amide bonds. The van der Waals surface area contributed by atoms with E-state index in [0.29, 0.717) is 0 Å². The van der Waals surface area contributed by atoms with Crippen LogP contribution in [0.3, 0.4) is 0 Å². The number of carboxylic acids is 1. The maximum atomic E-state index is 10.5. The molecule has 0 radical (unpaired) electrons. The van der Waals surface area contributed by atoms with Gasteiger partial charge in [-0.2, -0.15) is 0 Å². The molecule has 0 aliphatic carbocycles. The van der Waals surface area contributed by atoms with Crippen molar-refractivity contribution in [2.75, 3.05) is 0 Å². The van der Waals surface area contributed by atoms with E-state index in [2.05, 4.69) is 4.84 Å². The van der Waals surface area contributed by atoms with Crippen molar-refractivity contribution in [2.24, 2.45) is 11.3 Å². The summed E-state index contributed by atoms with van der Waals surface area (Å²) >= 11 is 0. The van der Waals surface area contributed by atoms with Crippen molar-refractivity contribution in [3.8, 4) is 0 Å². The molecule has 6 heteroatoms. The van der Waals surface area contributed by atoms with Crippen LogP contribution in [0.2, 0.25) is 0 Å². The molecule has 0 fully saturated rings. The highest BCUT2D eigenvalue weighted by molar-refractivity contribution is 5.66. The zero-order chi connectivity index (χ0) is 12.9. The van der Waals surface area contributed by atoms with Crippen LogP contribution in [0, 0.1) is 21.4 Å². The highest BCUT2D eigenvalue weighted by Crippen LogP contribution is 2.34. The van der Waals surface area contributed by atoms with Gasteiger partial charge in [0, 0.05) is 6.42 Å². The van der Waals surface area contributed by atoms with E-state index in [0.717, 1.165) is 0 Å². The number of carbonyl (C=O) groups is 1. The van der Waals surface area contributed by atoms with Gasteiger partial charge in [0.25, 0.3) is 5.09 Å². The van der Waals surface area contributed by atoms with Crippen molar-refractivity contribution in [3.05, 3.63) is 10.1 Å². The number of hydrogen-bond acceptors (Lipinski definition) is 4. The Morgan fingerprint density at radius 3 is 2.31 bits per heavy atom. The second kappa shape index (κ2) is 5.67. The highest BCUT2D eigenvalue weighted by Gasteiger charge is 2.35. The topological polar surface area (TPSA) is 89.7 Å². The van der Waals surface area contributed by atoms with Gasteiger partial charge in [-0.15, -0.1) is 10.1 Å². The monoisotopic (exact) mass is 233 g/mol. The molecule has 0 saturated carbocycles. The minimum Gasteiger partial charge on any atom is -0.481 e. The van der Waals surface area contributed by atoms with E-state index in [9.17, 15) is 14.9 Å². The molecule has 6 nitrogen and oxygen atoms in total. The zero-order valence-corrected chi connectivity index (χ0v) is 10.1. The first-order chi connectivity index (χ1) is 7.17. The van der Waals surface area contributed by atoms with Crippen molar-refractivity contribution in [1.29, 1.82) is 0 Å². The van der Waals surface area contributed by atoms with E-state index < -0.39 is 22.6 Å². The Balaban J connectivity index is 4.65. The van der Waals surface area contributed by atoms with Crippen molar-refractivity contribution in [1.82, 2.24) is 0 Å². The van der Waals surface area contributed by atoms with Crippen LogP contribution >= 0.6 is 0 Å². The van der Waals surface area contributed by atoms with E-state index in [1.165, 1.54) is 0 Å². The third kappa shape index (κ3) is 4.46. The summed E-state index contributed by atoms with van der Waals surface area (Å²) in [5.74, 6) is -0.817. The predicted molar refractivity (Wildman–Crippen MR) is 57.4 cm³/mol. The normalized spacial score (nSPS) is 13.6. The van der Waals surface area contributed by atoms with Crippen molar-refractivity contribution < 1.29 is 19.8 Å². The summed E-state index contributed by atoms with van der Waals surface area (Å²) in [6.45, 7) is 7.54. The van der Waals surface area contributed by atoms with Crippen LogP contribution in [0.15, 0.2) is 0 Å². The minimum absolute atomic E-state index is 0.130. The maximum absolute atomic E-state index is 10.5. The lowest BCUT2D eigenvalue weighted by Crippen LogP contribution is -2.38. The molecule has 0 bridgehead atoms. The van der Waals surface area contributed by atoms with E-state index in [1.54, 1.807) is 0 Å². The fourth-order valence-corrected chi connectivity index (χ4v) is 1.29. The van der Waals surface area contributed by atoms with E-state index in [-0.39, 0.29) is 18.8 Å². The van der Waals surface area contributed by atoms with Crippen LogP contribution in [0.5, 0.6) is 0 Å². The molecular formula is C10H19NO5. The average Bonchev–Trinajstić information content (AvgIpc) is 2.10. The van der Waals surface area contributed by atoms with Gasteiger partial charge in [0.1, 0.15) is 6.10 Å². The molecule has 0 aromatic heterocycles. The molecule has 0 aliphatic rings. The van der Waals surface area contributed by atoms with Crippen LogP contribution in [0.25, 0.3) is 0 Å². The summed E-state index contributed by atoms with van der Waals surface area (Å²) in [5.41, 5.74) is -0.442. The van der Waals surface area contributed by atoms with Crippen LogP contribution in [0.1, 0.15) is 40.5 Å². The van der Waals surface area contributed by atoms with Crippen molar-refractivity contribution in [3.63, 3.8) is 0 Å². The summed E-state index contributed by atoms with van der Waals surface area (Å²) in [7, 11) is 0. The summed E-state index contributed by atoms with van der Waals surface area (Å²) in [4.78, 5) is 25.4. The smallest absolute Gasteiger partial charge is 0.303 e. The lowest BCUT2D eigenvalue weighted by molar-refractivity contribution is -0.773. The Kier molecular flexibility index (Phi) is 5.20. The summed E-state index contributed by atoms with van der Waals surface area (Å²) < 4.78 is 0. The van der Waals surface area contributed by atoms with E-state index in [1.807, 2.05) is 27.7 Å². The SMILES string of the molecule is CC(C)C(C)(C)C(CCC(=O)O)O[N+](=O)[O-]. The molecule has 0 spiro atoms. The zero-order valence-electron chi connectivity index (χ0n) is 10.1. The van der Waals surface area contributed by atoms with Gasteiger partial charge in [-0.3, -0.25) is 4.79 Å². The fourth-order valence-electron chi connectivity index (χ4n) is 1.29. The van der Waals surface area contributed by atoms with Gasteiger partial charge >= 0.3 is 5.97 Å². The van der Waals surface area contributed by atoms with Crippen molar-refractivity contribution in [2.45, 2.75) is 46.6 Å². The standard InChI is InChI=1S/C10H19NO5/c1-7(2)10(3,4)8(16-11(14)15)5-6-9(12)13/h7-8H,5-6H2,1-4H3,(H,12,13). The van der Waals surface area contributed by atoms with Crippen molar-refractivity contribution >= 4 is 5.97 Å². The summed E-state index contributed by atoms with van der Waals surface area (Å²) in [6.07, 6.45) is -0.686. The van der Waals surface area contributed by atoms with Gasteiger partial charge in [0.15, 0.2) is 0 Å². The molecule has 0 aromatic carbocycles. The summed E-state index contributed by atoms with van der Waals surface area (Å²) in [5, 5.41) is 18.1. The number of carboxylic acid groups (broad SMARTS) is 1. The number of nitrogens with zero attached hydrogens (tertiary/aromatic N) is 1. The minimum atomic E-state index is -0.975. The largest absolute Gasteiger partial charge is 0.481 e. The molecule has 1 atom stereocenters. The Hall–Kier alpha value is -1.33.